The SMILES string of the molecule is O=C1c2ccccc2C(=O)N1CN1CCC(O)C(CO)C1. The van der Waals surface area contributed by atoms with Crippen LogP contribution >= 0.6 is 0 Å². The lowest BCUT2D eigenvalue weighted by Crippen LogP contribution is -2.49. The number of aliphatic hydroxyl groups excluding tert-OH is 2. The first kappa shape index (κ1) is 14.2. The lowest BCUT2D eigenvalue weighted by molar-refractivity contribution is -0.0118. The van der Waals surface area contributed by atoms with Gasteiger partial charge in [-0.25, -0.2) is 0 Å². The average molecular weight is 290 g/mol. The third-order valence-corrected chi connectivity index (χ3v) is 4.23. The standard InChI is InChI=1S/C15H18N2O4/c18-8-10-7-16(6-5-13(10)19)9-17-14(20)11-3-1-2-4-12(11)15(17)21/h1-4,10,13,18-19H,5-9H2. The van der Waals surface area contributed by atoms with E-state index in [2.05, 4.69) is 0 Å². The van der Waals surface area contributed by atoms with Crippen LogP contribution < -0.4 is 0 Å². The van der Waals surface area contributed by atoms with Crippen LogP contribution in [0.25, 0.3) is 0 Å². The molecule has 6 nitrogen and oxygen atoms in total. The first-order chi connectivity index (χ1) is 10.1. The number of benzene rings is 1. The van der Waals surface area contributed by atoms with Gasteiger partial charge in [-0.15, -0.1) is 0 Å². The summed E-state index contributed by atoms with van der Waals surface area (Å²) in [4.78, 5) is 27.7. The number of piperidine rings is 1. The molecule has 2 N–H and O–H groups in total. The van der Waals surface area contributed by atoms with Crippen LogP contribution in [-0.4, -0.2) is 64.3 Å². The second-order valence-corrected chi connectivity index (χ2v) is 5.60. The summed E-state index contributed by atoms with van der Waals surface area (Å²) in [5.41, 5.74) is 0.886. The average Bonchev–Trinajstić information content (AvgIpc) is 2.74. The van der Waals surface area contributed by atoms with Gasteiger partial charge in [0, 0.05) is 25.6 Å². The van der Waals surface area contributed by atoms with Crippen LogP contribution in [0.5, 0.6) is 0 Å². The third-order valence-electron chi connectivity index (χ3n) is 4.23. The minimum absolute atomic E-state index is 0.0974. The molecule has 2 heterocycles. The maximum absolute atomic E-state index is 12.3. The highest BCUT2D eigenvalue weighted by atomic mass is 16.3. The molecule has 2 aliphatic rings. The molecule has 2 unspecified atom stereocenters. The van der Waals surface area contributed by atoms with Crippen LogP contribution in [0, 0.1) is 5.92 Å². The third kappa shape index (κ3) is 2.46. The lowest BCUT2D eigenvalue weighted by atomic mass is 9.96. The smallest absolute Gasteiger partial charge is 0.262 e. The predicted molar refractivity (Wildman–Crippen MR) is 74.6 cm³/mol. The highest BCUT2D eigenvalue weighted by Gasteiger charge is 2.37. The molecule has 0 spiro atoms. The highest BCUT2D eigenvalue weighted by molar-refractivity contribution is 6.21. The topological polar surface area (TPSA) is 81.1 Å². The molecule has 6 heteroatoms. The summed E-state index contributed by atoms with van der Waals surface area (Å²) in [5, 5.41) is 19.0. The molecular formula is C15H18N2O4. The molecule has 2 amide bonds. The van der Waals surface area contributed by atoms with Gasteiger partial charge in [-0.2, -0.15) is 0 Å². The van der Waals surface area contributed by atoms with Crippen molar-refractivity contribution in [2.45, 2.75) is 12.5 Å². The molecule has 2 aliphatic heterocycles. The van der Waals surface area contributed by atoms with E-state index in [1.54, 1.807) is 24.3 Å². The van der Waals surface area contributed by atoms with Gasteiger partial charge in [-0.05, 0) is 18.6 Å². The molecule has 1 aromatic carbocycles. The quantitative estimate of drug-likeness (QED) is 0.761. The van der Waals surface area contributed by atoms with Crippen LogP contribution in [-0.2, 0) is 0 Å². The van der Waals surface area contributed by atoms with Crippen molar-refractivity contribution in [1.82, 2.24) is 9.80 Å². The van der Waals surface area contributed by atoms with E-state index >= 15 is 0 Å². The summed E-state index contributed by atoms with van der Waals surface area (Å²) in [6.07, 6.45) is 0.0161. The fourth-order valence-electron chi connectivity index (χ4n) is 2.97. The highest BCUT2D eigenvalue weighted by Crippen LogP contribution is 2.24. The predicted octanol–water partition coefficient (Wildman–Crippen LogP) is -0.0848. The summed E-state index contributed by atoms with van der Waals surface area (Å²) in [6, 6.07) is 6.80. The van der Waals surface area contributed by atoms with Crippen molar-refractivity contribution >= 4 is 11.8 Å². The zero-order valence-corrected chi connectivity index (χ0v) is 11.6. The lowest BCUT2D eigenvalue weighted by Gasteiger charge is -2.36. The Morgan fingerprint density at radius 2 is 1.76 bits per heavy atom. The van der Waals surface area contributed by atoms with Crippen molar-refractivity contribution in [1.29, 1.82) is 0 Å². The van der Waals surface area contributed by atoms with Gasteiger partial charge in [-0.1, -0.05) is 12.1 Å². The van der Waals surface area contributed by atoms with Crippen molar-refractivity contribution in [2.24, 2.45) is 5.92 Å². The number of nitrogens with zero attached hydrogens (tertiary/aromatic N) is 2. The van der Waals surface area contributed by atoms with Gasteiger partial charge in [0.05, 0.1) is 23.9 Å². The van der Waals surface area contributed by atoms with Gasteiger partial charge >= 0.3 is 0 Å². The molecule has 1 aromatic rings. The molecule has 1 saturated heterocycles. The Balaban J connectivity index is 1.72. The number of carbonyl (C=O) groups excluding carboxylic acids is 2. The number of imide groups is 1. The molecule has 2 atom stereocenters. The molecule has 0 aliphatic carbocycles. The molecular weight excluding hydrogens is 272 g/mol. The van der Waals surface area contributed by atoms with E-state index in [9.17, 15) is 19.8 Å². The molecule has 0 radical (unpaired) electrons. The molecule has 21 heavy (non-hydrogen) atoms. The van der Waals surface area contributed by atoms with Crippen molar-refractivity contribution in [3.8, 4) is 0 Å². The fraction of sp³-hybridized carbons (Fsp3) is 0.467. The van der Waals surface area contributed by atoms with Gasteiger partial charge in [-0.3, -0.25) is 19.4 Å². The van der Waals surface area contributed by atoms with E-state index in [0.717, 1.165) is 0 Å². The number of fused-ring (bicyclic) bond motifs is 1. The van der Waals surface area contributed by atoms with Gasteiger partial charge in [0.25, 0.3) is 11.8 Å². The van der Waals surface area contributed by atoms with Crippen molar-refractivity contribution in [2.75, 3.05) is 26.4 Å². The first-order valence-corrected chi connectivity index (χ1v) is 7.08. The van der Waals surface area contributed by atoms with Crippen molar-refractivity contribution in [3.63, 3.8) is 0 Å². The summed E-state index contributed by atoms with van der Waals surface area (Å²) in [5.74, 6) is -0.779. The van der Waals surface area contributed by atoms with E-state index in [0.29, 0.717) is 30.6 Å². The molecule has 0 saturated carbocycles. The van der Waals surface area contributed by atoms with Gasteiger partial charge < -0.3 is 10.2 Å². The Kier molecular flexibility index (Phi) is 3.75. The molecule has 0 bridgehead atoms. The Morgan fingerprint density at radius 1 is 1.14 bits per heavy atom. The maximum atomic E-state index is 12.3. The summed E-state index contributed by atoms with van der Waals surface area (Å²) in [7, 11) is 0. The summed E-state index contributed by atoms with van der Waals surface area (Å²) in [6.45, 7) is 1.19. The monoisotopic (exact) mass is 290 g/mol. The van der Waals surface area contributed by atoms with E-state index in [4.69, 9.17) is 0 Å². The van der Waals surface area contributed by atoms with Crippen LogP contribution in [0.1, 0.15) is 27.1 Å². The number of hydrogen-bond acceptors (Lipinski definition) is 5. The van der Waals surface area contributed by atoms with Gasteiger partial charge in [0.1, 0.15) is 0 Å². The van der Waals surface area contributed by atoms with Crippen LogP contribution in [0.2, 0.25) is 0 Å². The van der Waals surface area contributed by atoms with E-state index < -0.39 is 6.10 Å². The second-order valence-electron chi connectivity index (χ2n) is 5.60. The molecule has 1 fully saturated rings. The van der Waals surface area contributed by atoms with E-state index in [-0.39, 0.29) is 31.0 Å². The normalized spacial score (nSPS) is 26.3. The molecule has 112 valence electrons. The van der Waals surface area contributed by atoms with E-state index in [1.807, 2.05) is 4.90 Å². The maximum Gasteiger partial charge on any atom is 0.262 e. The van der Waals surface area contributed by atoms with Crippen LogP contribution in [0.15, 0.2) is 24.3 Å². The zero-order valence-electron chi connectivity index (χ0n) is 11.6. The minimum atomic E-state index is -0.520. The number of hydrogen-bond donors (Lipinski definition) is 2. The van der Waals surface area contributed by atoms with Crippen molar-refractivity contribution in [3.05, 3.63) is 35.4 Å². The number of likely N-dealkylation sites (tertiary alicyclic amines) is 1. The summed E-state index contributed by atoms with van der Waals surface area (Å²) < 4.78 is 0. The van der Waals surface area contributed by atoms with Crippen LogP contribution in [0.4, 0.5) is 0 Å². The van der Waals surface area contributed by atoms with Gasteiger partial charge in [0.15, 0.2) is 0 Å². The Morgan fingerprint density at radius 3 is 2.33 bits per heavy atom. The molecule has 0 aromatic heterocycles. The first-order valence-electron chi connectivity index (χ1n) is 7.08. The Hall–Kier alpha value is -1.76. The van der Waals surface area contributed by atoms with Crippen LogP contribution in [0.3, 0.4) is 0 Å². The second kappa shape index (κ2) is 5.55. The summed E-state index contributed by atoms with van der Waals surface area (Å²) >= 11 is 0. The van der Waals surface area contributed by atoms with Gasteiger partial charge in [0.2, 0.25) is 0 Å². The van der Waals surface area contributed by atoms with Crippen molar-refractivity contribution < 1.29 is 19.8 Å². The fourth-order valence-corrected chi connectivity index (χ4v) is 2.97. The number of amides is 2. The largest absolute Gasteiger partial charge is 0.396 e. The Labute approximate surface area is 122 Å². The van der Waals surface area contributed by atoms with E-state index in [1.165, 1.54) is 4.90 Å². The number of carbonyl (C=O) groups is 2. The number of aliphatic hydroxyl groups is 2. The minimum Gasteiger partial charge on any atom is -0.396 e. The number of rotatable bonds is 3. The Bertz CT molecular complexity index is 540. The zero-order chi connectivity index (χ0) is 15.0. The molecule has 3 rings (SSSR count).